The third-order valence-electron chi connectivity index (χ3n) is 1.67. The maximum absolute atomic E-state index is 5.07. The van der Waals surface area contributed by atoms with Gasteiger partial charge in [0.05, 0.1) is 0 Å². The van der Waals surface area contributed by atoms with E-state index in [-0.39, 0.29) is 0 Å². The summed E-state index contributed by atoms with van der Waals surface area (Å²) in [6.45, 7) is 3.17. The van der Waals surface area contributed by atoms with Gasteiger partial charge in [0, 0.05) is 19.2 Å². The summed E-state index contributed by atoms with van der Waals surface area (Å²) < 4.78 is 5.07. The van der Waals surface area contributed by atoms with Crippen LogP contribution in [0.2, 0.25) is 0 Å². The number of rotatable bonds is 5. The molecule has 0 N–H and O–H groups in total. The molecule has 2 heteroatoms. The lowest BCUT2D eigenvalue weighted by molar-refractivity contribution is 0.156. The molecule has 1 aromatic rings. The van der Waals surface area contributed by atoms with Gasteiger partial charge in [0.15, 0.2) is 0 Å². The molecule has 0 aliphatic rings. The highest BCUT2D eigenvalue weighted by atomic mass is 16.5. The molecule has 0 aliphatic carbocycles. The average molecular weight is 177 g/mol. The highest BCUT2D eigenvalue weighted by molar-refractivity contribution is 5.61. The van der Waals surface area contributed by atoms with Gasteiger partial charge in [0.25, 0.3) is 0 Å². The lowest BCUT2D eigenvalue weighted by Gasteiger charge is -1.95. The summed E-state index contributed by atoms with van der Waals surface area (Å²) in [4.78, 5) is 4.11. The highest BCUT2D eigenvalue weighted by Crippen LogP contribution is 1.97. The van der Waals surface area contributed by atoms with Crippen molar-refractivity contribution in [1.82, 2.24) is 0 Å². The van der Waals surface area contributed by atoms with Crippen LogP contribution >= 0.6 is 0 Å². The largest absolute Gasteiger partial charge is 0.360 e. The minimum absolute atomic E-state index is 0.476. The average Bonchev–Trinajstić information content (AvgIpc) is 2.19. The second-order valence-electron chi connectivity index (χ2n) is 2.68. The van der Waals surface area contributed by atoms with Crippen molar-refractivity contribution in [2.75, 3.05) is 13.3 Å². The monoisotopic (exact) mass is 177 g/mol. The summed E-state index contributed by atoms with van der Waals surface area (Å²) >= 11 is 0. The van der Waals surface area contributed by atoms with Gasteiger partial charge >= 0.3 is 0 Å². The number of nitrogens with zero attached hydrogens (tertiary/aromatic N) is 1. The Morgan fingerprint density at radius 3 is 2.77 bits per heavy atom. The summed E-state index contributed by atoms with van der Waals surface area (Å²) in [6, 6.07) is 10.3. The number of hydrogen-bond acceptors (Lipinski definition) is 2. The van der Waals surface area contributed by atoms with Gasteiger partial charge in [0.1, 0.15) is 6.73 Å². The van der Waals surface area contributed by atoms with Crippen molar-refractivity contribution in [3.8, 4) is 0 Å². The van der Waals surface area contributed by atoms with Gasteiger partial charge in [-0.15, -0.1) is 0 Å². The van der Waals surface area contributed by atoms with Gasteiger partial charge in [-0.25, -0.2) is 0 Å². The highest BCUT2D eigenvalue weighted by Gasteiger charge is 1.85. The van der Waals surface area contributed by atoms with Crippen LogP contribution in [-0.2, 0) is 11.2 Å². The first-order chi connectivity index (χ1) is 6.43. The van der Waals surface area contributed by atoms with E-state index in [2.05, 4.69) is 17.1 Å². The van der Waals surface area contributed by atoms with Crippen LogP contribution in [0.25, 0.3) is 0 Å². The van der Waals surface area contributed by atoms with Gasteiger partial charge in [0.2, 0.25) is 0 Å². The molecule has 0 bridgehead atoms. The summed E-state index contributed by atoms with van der Waals surface area (Å²) in [5.41, 5.74) is 1.28. The van der Waals surface area contributed by atoms with Crippen molar-refractivity contribution in [1.29, 1.82) is 0 Å². The van der Waals surface area contributed by atoms with Gasteiger partial charge in [-0.05, 0) is 12.5 Å². The molecular formula is C11H15NO. The summed E-state index contributed by atoms with van der Waals surface area (Å²) in [7, 11) is 0. The van der Waals surface area contributed by atoms with Crippen LogP contribution in [0.5, 0.6) is 0 Å². The zero-order chi connectivity index (χ0) is 9.36. The molecule has 0 atom stereocenters. The second kappa shape index (κ2) is 6.38. The van der Waals surface area contributed by atoms with E-state index in [9.17, 15) is 0 Å². The molecule has 0 saturated carbocycles. The van der Waals surface area contributed by atoms with Crippen LogP contribution in [0.3, 0.4) is 0 Å². The summed E-state index contributed by atoms with van der Waals surface area (Å²) in [5, 5.41) is 0. The Balaban J connectivity index is 2.23. The first-order valence-electron chi connectivity index (χ1n) is 4.53. The van der Waals surface area contributed by atoms with Crippen molar-refractivity contribution in [3.63, 3.8) is 0 Å². The number of aliphatic imine (C=N–C) groups is 1. The quantitative estimate of drug-likeness (QED) is 0.499. The van der Waals surface area contributed by atoms with Crippen LogP contribution < -0.4 is 0 Å². The molecule has 1 rings (SSSR count). The first-order valence-corrected chi connectivity index (χ1v) is 4.53. The number of hydrogen-bond donors (Lipinski definition) is 0. The van der Waals surface area contributed by atoms with E-state index in [1.54, 1.807) is 0 Å². The normalized spacial score (nSPS) is 10.8. The van der Waals surface area contributed by atoms with E-state index in [4.69, 9.17) is 4.74 Å². The lowest BCUT2D eigenvalue weighted by atomic mass is 10.2. The van der Waals surface area contributed by atoms with Gasteiger partial charge in [-0.1, -0.05) is 30.3 Å². The van der Waals surface area contributed by atoms with E-state index in [0.717, 1.165) is 13.0 Å². The molecule has 0 amide bonds. The molecule has 0 spiro atoms. The SMILES string of the molecule is CCOCN=CCc1ccccc1. The molecular weight excluding hydrogens is 162 g/mol. The standard InChI is InChI=1S/C11H15NO/c1-2-13-10-12-9-8-11-6-4-3-5-7-11/h3-7,9H,2,8,10H2,1H3. The van der Waals surface area contributed by atoms with E-state index in [1.807, 2.05) is 31.3 Å². The molecule has 70 valence electrons. The Labute approximate surface area is 79.3 Å². The lowest BCUT2D eigenvalue weighted by Crippen LogP contribution is -1.91. The van der Waals surface area contributed by atoms with Gasteiger partial charge in [-0.3, -0.25) is 4.99 Å². The molecule has 2 nitrogen and oxygen atoms in total. The third-order valence-corrected chi connectivity index (χ3v) is 1.67. The van der Waals surface area contributed by atoms with E-state index in [1.165, 1.54) is 5.56 Å². The number of benzene rings is 1. The van der Waals surface area contributed by atoms with Gasteiger partial charge < -0.3 is 4.74 Å². The Hall–Kier alpha value is -1.15. The Kier molecular flexibility index (Phi) is 4.87. The fourth-order valence-corrected chi connectivity index (χ4v) is 0.981. The van der Waals surface area contributed by atoms with Crippen molar-refractivity contribution in [2.24, 2.45) is 4.99 Å². The van der Waals surface area contributed by atoms with Crippen LogP contribution in [-0.4, -0.2) is 19.6 Å². The zero-order valence-electron chi connectivity index (χ0n) is 7.94. The number of ether oxygens (including phenoxy) is 1. The van der Waals surface area contributed by atoms with Crippen LogP contribution in [0, 0.1) is 0 Å². The molecule has 0 saturated heterocycles. The molecule has 0 unspecified atom stereocenters. The Morgan fingerprint density at radius 1 is 1.31 bits per heavy atom. The molecule has 0 heterocycles. The fourth-order valence-electron chi connectivity index (χ4n) is 0.981. The molecule has 0 aliphatic heterocycles. The van der Waals surface area contributed by atoms with Crippen LogP contribution in [0.1, 0.15) is 12.5 Å². The second-order valence-corrected chi connectivity index (χ2v) is 2.68. The third kappa shape index (κ3) is 4.43. The first kappa shape index (κ1) is 9.93. The van der Waals surface area contributed by atoms with Crippen LogP contribution in [0.15, 0.2) is 35.3 Å². The molecule has 0 radical (unpaired) electrons. The Morgan fingerprint density at radius 2 is 2.08 bits per heavy atom. The topological polar surface area (TPSA) is 21.6 Å². The smallest absolute Gasteiger partial charge is 0.137 e. The fraction of sp³-hybridized carbons (Fsp3) is 0.364. The van der Waals surface area contributed by atoms with E-state index < -0.39 is 0 Å². The van der Waals surface area contributed by atoms with Gasteiger partial charge in [-0.2, -0.15) is 0 Å². The van der Waals surface area contributed by atoms with E-state index >= 15 is 0 Å². The maximum Gasteiger partial charge on any atom is 0.137 e. The van der Waals surface area contributed by atoms with Crippen molar-refractivity contribution in [3.05, 3.63) is 35.9 Å². The summed E-state index contributed by atoms with van der Waals surface area (Å²) in [6.07, 6.45) is 2.78. The molecule has 1 aromatic carbocycles. The maximum atomic E-state index is 5.07. The van der Waals surface area contributed by atoms with Crippen molar-refractivity contribution >= 4 is 6.21 Å². The molecule has 0 fully saturated rings. The summed E-state index contributed by atoms with van der Waals surface area (Å²) in [5.74, 6) is 0. The molecule has 13 heavy (non-hydrogen) atoms. The van der Waals surface area contributed by atoms with Crippen molar-refractivity contribution < 1.29 is 4.74 Å². The zero-order valence-corrected chi connectivity index (χ0v) is 7.94. The minimum atomic E-state index is 0.476. The Bertz CT molecular complexity index is 244. The minimum Gasteiger partial charge on any atom is -0.360 e. The van der Waals surface area contributed by atoms with Crippen molar-refractivity contribution in [2.45, 2.75) is 13.3 Å². The predicted molar refractivity (Wildman–Crippen MR) is 55.1 cm³/mol. The molecule has 0 aromatic heterocycles. The van der Waals surface area contributed by atoms with E-state index in [0.29, 0.717) is 6.73 Å². The predicted octanol–water partition coefficient (Wildman–Crippen LogP) is 2.29. The van der Waals surface area contributed by atoms with Crippen LogP contribution in [0.4, 0.5) is 0 Å².